The predicted molar refractivity (Wildman–Crippen MR) is 93.5 cm³/mol. The van der Waals surface area contributed by atoms with Gasteiger partial charge in [-0.25, -0.2) is 4.79 Å². The van der Waals surface area contributed by atoms with Gasteiger partial charge in [0.25, 0.3) is 5.91 Å². The number of benzene rings is 2. The Morgan fingerprint density at radius 1 is 1.15 bits per heavy atom. The topological polar surface area (TPSA) is 101 Å². The molecule has 0 atom stereocenters. The first-order valence-corrected chi connectivity index (χ1v) is 7.91. The molecule has 132 valence electrons. The summed E-state index contributed by atoms with van der Waals surface area (Å²) < 4.78 is 21.4. The van der Waals surface area contributed by atoms with Crippen molar-refractivity contribution in [2.24, 2.45) is 5.73 Å². The van der Waals surface area contributed by atoms with Crippen LogP contribution in [-0.4, -0.2) is 19.3 Å². The van der Waals surface area contributed by atoms with Gasteiger partial charge in [-0.1, -0.05) is 6.07 Å². The van der Waals surface area contributed by atoms with E-state index in [1.54, 1.807) is 36.4 Å². The second-order valence-electron chi connectivity index (χ2n) is 5.87. The van der Waals surface area contributed by atoms with Gasteiger partial charge in [-0.2, -0.15) is 0 Å². The maximum atomic E-state index is 12.6. The molecule has 0 radical (unpaired) electrons. The van der Waals surface area contributed by atoms with Crippen LogP contribution in [0.25, 0.3) is 22.1 Å². The molecule has 0 saturated carbocycles. The Hall–Kier alpha value is -3.48. The van der Waals surface area contributed by atoms with Gasteiger partial charge < -0.3 is 24.4 Å². The van der Waals surface area contributed by atoms with Gasteiger partial charge in [-0.05, 0) is 42.3 Å². The number of fused-ring (bicyclic) bond motifs is 2. The Bertz CT molecular complexity index is 1090. The maximum Gasteiger partial charge on any atom is 0.344 e. The Morgan fingerprint density at radius 2 is 1.96 bits per heavy atom. The van der Waals surface area contributed by atoms with Crippen LogP contribution in [0, 0.1) is 6.92 Å². The van der Waals surface area contributed by atoms with Gasteiger partial charge in [0.05, 0.1) is 5.56 Å². The average Bonchev–Trinajstić information content (AvgIpc) is 3.07. The first-order chi connectivity index (χ1) is 12.5. The van der Waals surface area contributed by atoms with Gasteiger partial charge >= 0.3 is 5.63 Å². The molecule has 2 heterocycles. The number of nitrogens with two attached hydrogens (primary N) is 1. The van der Waals surface area contributed by atoms with Gasteiger partial charge in [0.2, 0.25) is 6.79 Å². The minimum absolute atomic E-state index is 0.165. The first kappa shape index (κ1) is 16.0. The summed E-state index contributed by atoms with van der Waals surface area (Å²) in [7, 11) is 0. The second kappa shape index (κ2) is 6.11. The lowest BCUT2D eigenvalue weighted by Crippen LogP contribution is -2.20. The highest BCUT2D eigenvalue weighted by molar-refractivity contribution is 5.88. The molecule has 1 aromatic heterocycles. The summed E-state index contributed by atoms with van der Waals surface area (Å²) >= 11 is 0. The van der Waals surface area contributed by atoms with Gasteiger partial charge in [0.1, 0.15) is 11.3 Å². The van der Waals surface area contributed by atoms with Crippen molar-refractivity contribution in [2.75, 3.05) is 13.4 Å². The minimum Gasteiger partial charge on any atom is -0.484 e. The van der Waals surface area contributed by atoms with Gasteiger partial charge in [-0.15, -0.1) is 0 Å². The van der Waals surface area contributed by atoms with Crippen molar-refractivity contribution in [2.45, 2.75) is 6.92 Å². The van der Waals surface area contributed by atoms with E-state index < -0.39 is 11.5 Å². The van der Waals surface area contributed by atoms with E-state index in [0.29, 0.717) is 34.0 Å². The summed E-state index contributed by atoms with van der Waals surface area (Å²) in [6, 6.07) is 10.4. The summed E-state index contributed by atoms with van der Waals surface area (Å²) in [5.74, 6) is 1.06. The van der Waals surface area contributed by atoms with Crippen molar-refractivity contribution in [1.29, 1.82) is 0 Å². The smallest absolute Gasteiger partial charge is 0.344 e. The highest BCUT2D eigenvalue weighted by atomic mass is 16.7. The van der Waals surface area contributed by atoms with E-state index in [9.17, 15) is 9.59 Å². The molecule has 0 fully saturated rings. The third kappa shape index (κ3) is 2.73. The van der Waals surface area contributed by atoms with Gasteiger partial charge in [-0.3, -0.25) is 4.79 Å². The lowest BCUT2D eigenvalue weighted by atomic mass is 9.99. The van der Waals surface area contributed by atoms with Crippen LogP contribution in [-0.2, 0) is 4.79 Å². The Morgan fingerprint density at radius 3 is 2.77 bits per heavy atom. The number of hydrogen-bond donors (Lipinski definition) is 1. The highest BCUT2D eigenvalue weighted by Gasteiger charge is 2.18. The summed E-state index contributed by atoms with van der Waals surface area (Å²) in [6.45, 7) is 1.77. The van der Waals surface area contributed by atoms with Crippen molar-refractivity contribution in [3.05, 3.63) is 52.4 Å². The fourth-order valence-electron chi connectivity index (χ4n) is 2.97. The standard InChI is InChI=1S/C19H15NO6/c1-10-13-4-3-12(23-8-17(20)21)7-15(13)26-19(22)18(10)11-2-5-14-16(6-11)25-9-24-14/h2-7H,8-9H2,1H3,(H2,20,21). The van der Waals surface area contributed by atoms with Crippen LogP contribution >= 0.6 is 0 Å². The van der Waals surface area contributed by atoms with Crippen LogP contribution in [0.4, 0.5) is 0 Å². The molecule has 26 heavy (non-hydrogen) atoms. The van der Waals surface area contributed by atoms with Crippen LogP contribution in [0.1, 0.15) is 5.56 Å². The molecule has 2 aromatic carbocycles. The average molecular weight is 353 g/mol. The number of rotatable bonds is 4. The van der Waals surface area contributed by atoms with Crippen molar-refractivity contribution in [3.63, 3.8) is 0 Å². The molecule has 1 aliphatic rings. The molecule has 3 aromatic rings. The molecular formula is C19H15NO6. The van der Waals surface area contributed by atoms with E-state index in [2.05, 4.69) is 0 Å². The predicted octanol–water partition coefficient (Wildman–Crippen LogP) is 2.36. The van der Waals surface area contributed by atoms with Crippen LogP contribution in [0.5, 0.6) is 17.2 Å². The highest BCUT2D eigenvalue weighted by Crippen LogP contribution is 2.37. The maximum absolute atomic E-state index is 12.6. The van der Waals surface area contributed by atoms with E-state index in [1.165, 1.54) is 0 Å². The molecule has 0 bridgehead atoms. The monoisotopic (exact) mass is 353 g/mol. The van der Waals surface area contributed by atoms with Gasteiger partial charge in [0, 0.05) is 11.5 Å². The molecule has 2 N–H and O–H groups in total. The number of hydrogen-bond acceptors (Lipinski definition) is 6. The van der Waals surface area contributed by atoms with Crippen molar-refractivity contribution >= 4 is 16.9 Å². The molecule has 0 spiro atoms. The molecule has 0 aliphatic carbocycles. The number of carbonyl (C=O) groups excluding carboxylic acids is 1. The van der Waals surface area contributed by atoms with E-state index >= 15 is 0 Å². The molecule has 0 unspecified atom stereocenters. The summed E-state index contributed by atoms with van der Waals surface area (Å²) in [4.78, 5) is 23.4. The molecule has 4 rings (SSSR count). The largest absolute Gasteiger partial charge is 0.484 e. The van der Waals surface area contributed by atoms with Crippen LogP contribution in [0.15, 0.2) is 45.6 Å². The Balaban J connectivity index is 1.80. The van der Waals surface area contributed by atoms with E-state index in [0.717, 1.165) is 10.9 Å². The summed E-state index contributed by atoms with van der Waals surface area (Å²) in [5, 5.41) is 0.767. The van der Waals surface area contributed by atoms with Crippen molar-refractivity contribution < 1.29 is 23.4 Å². The molecular weight excluding hydrogens is 338 g/mol. The second-order valence-corrected chi connectivity index (χ2v) is 5.87. The third-order valence-electron chi connectivity index (χ3n) is 4.18. The number of aryl methyl sites for hydroxylation is 1. The lowest BCUT2D eigenvalue weighted by Gasteiger charge is -2.10. The van der Waals surface area contributed by atoms with Crippen molar-refractivity contribution in [1.82, 2.24) is 0 Å². The molecule has 1 aliphatic heterocycles. The van der Waals surface area contributed by atoms with E-state index in [4.69, 9.17) is 24.4 Å². The number of amides is 1. The molecule has 1 amide bonds. The Kier molecular flexibility index (Phi) is 3.76. The number of carbonyl (C=O) groups is 1. The first-order valence-electron chi connectivity index (χ1n) is 7.91. The van der Waals surface area contributed by atoms with E-state index in [-0.39, 0.29) is 13.4 Å². The van der Waals surface area contributed by atoms with Gasteiger partial charge in [0.15, 0.2) is 18.1 Å². The fourth-order valence-corrected chi connectivity index (χ4v) is 2.97. The lowest BCUT2D eigenvalue weighted by molar-refractivity contribution is -0.119. The number of primary amides is 1. The molecule has 7 heteroatoms. The van der Waals surface area contributed by atoms with Crippen LogP contribution < -0.4 is 25.6 Å². The van der Waals surface area contributed by atoms with Crippen molar-refractivity contribution in [3.8, 4) is 28.4 Å². The zero-order chi connectivity index (χ0) is 18.3. The zero-order valence-corrected chi connectivity index (χ0v) is 13.9. The zero-order valence-electron chi connectivity index (χ0n) is 13.9. The normalized spacial score (nSPS) is 12.3. The Labute approximate surface area is 147 Å². The molecule has 7 nitrogen and oxygen atoms in total. The fraction of sp³-hybridized carbons (Fsp3) is 0.158. The van der Waals surface area contributed by atoms with Crippen LogP contribution in [0.3, 0.4) is 0 Å². The summed E-state index contributed by atoms with van der Waals surface area (Å²) in [5.41, 5.74) is 6.90. The van der Waals surface area contributed by atoms with Crippen LogP contribution in [0.2, 0.25) is 0 Å². The number of ether oxygens (including phenoxy) is 3. The molecule has 0 saturated heterocycles. The summed E-state index contributed by atoms with van der Waals surface area (Å²) in [6.07, 6.45) is 0. The minimum atomic E-state index is -0.583. The quantitative estimate of drug-likeness (QED) is 0.723. The van der Waals surface area contributed by atoms with E-state index in [1.807, 2.05) is 6.92 Å². The third-order valence-corrected chi connectivity index (χ3v) is 4.18. The SMILES string of the molecule is Cc1c(-c2ccc3c(c2)OCO3)c(=O)oc2cc(OCC(N)=O)ccc12.